The summed E-state index contributed by atoms with van der Waals surface area (Å²) >= 11 is 0. The van der Waals surface area contributed by atoms with Gasteiger partial charge in [-0.05, 0) is 44.7 Å². The average Bonchev–Trinajstić information content (AvgIpc) is 2.75. The van der Waals surface area contributed by atoms with E-state index in [0.29, 0.717) is 5.92 Å². The Morgan fingerprint density at radius 1 is 0.500 bits per heavy atom. The highest BCUT2D eigenvalue weighted by atomic mass is 15.1. The van der Waals surface area contributed by atoms with Gasteiger partial charge in [-0.25, -0.2) is 0 Å². The molecule has 0 spiro atoms. The van der Waals surface area contributed by atoms with Crippen LogP contribution in [0.2, 0.25) is 0 Å². The van der Waals surface area contributed by atoms with Crippen LogP contribution < -0.4 is 0 Å². The van der Waals surface area contributed by atoms with E-state index in [9.17, 15) is 0 Å². The van der Waals surface area contributed by atoms with Crippen LogP contribution in [-0.4, -0.2) is 24.0 Å². The van der Waals surface area contributed by atoms with Gasteiger partial charge >= 0.3 is 0 Å². The number of unbranched alkanes of at least 4 members (excludes halogenated alkanes) is 12. The number of rotatable bonds is 24. The Morgan fingerprint density at radius 2 is 0.933 bits per heavy atom. The fourth-order valence-electron chi connectivity index (χ4n) is 4.73. The lowest BCUT2D eigenvalue weighted by Gasteiger charge is -2.31. The summed E-state index contributed by atoms with van der Waals surface area (Å²) in [5.41, 5.74) is 0. The zero-order valence-corrected chi connectivity index (χ0v) is 21.9. The lowest BCUT2D eigenvalue weighted by Crippen LogP contribution is -2.36. The van der Waals surface area contributed by atoms with Crippen molar-refractivity contribution in [1.29, 1.82) is 0 Å². The van der Waals surface area contributed by atoms with E-state index >= 15 is 0 Å². The third-order valence-corrected chi connectivity index (χ3v) is 6.95. The second kappa shape index (κ2) is 23.6. The molecule has 181 valence electrons. The molecule has 0 aromatic heterocycles. The first-order valence-corrected chi connectivity index (χ1v) is 14.3. The molecule has 0 saturated heterocycles. The maximum Gasteiger partial charge on any atom is 0.00926 e. The largest absolute Gasteiger partial charge is 0.300 e. The molecule has 0 aliphatic rings. The summed E-state index contributed by atoms with van der Waals surface area (Å²) in [5, 5.41) is 0. The average molecular weight is 423 g/mol. The molecule has 0 aromatic rings. The van der Waals surface area contributed by atoms with Crippen LogP contribution >= 0.6 is 0 Å². The molecule has 30 heavy (non-hydrogen) atoms. The van der Waals surface area contributed by atoms with Gasteiger partial charge in [0, 0.05) is 6.04 Å². The Bertz CT molecular complexity index is 305. The van der Waals surface area contributed by atoms with Crippen molar-refractivity contribution in [1.82, 2.24) is 4.90 Å². The molecule has 0 amide bonds. The third-order valence-electron chi connectivity index (χ3n) is 6.95. The van der Waals surface area contributed by atoms with Gasteiger partial charge in [0.15, 0.2) is 0 Å². The van der Waals surface area contributed by atoms with Crippen LogP contribution in [-0.2, 0) is 0 Å². The number of nitrogens with zero attached hydrogens (tertiary/aromatic N) is 1. The van der Waals surface area contributed by atoms with E-state index in [1.165, 1.54) is 142 Å². The quantitative estimate of drug-likeness (QED) is 0.140. The zero-order valence-electron chi connectivity index (χ0n) is 21.9. The fraction of sp³-hybridized carbons (Fsp3) is 0.966. The topological polar surface area (TPSA) is 3.24 Å². The van der Waals surface area contributed by atoms with Crippen molar-refractivity contribution in [2.75, 3.05) is 13.1 Å². The Labute approximate surface area is 193 Å². The second-order valence-corrected chi connectivity index (χ2v) is 9.93. The van der Waals surface area contributed by atoms with Crippen LogP contribution in [0.25, 0.3) is 0 Å². The van der Waals surface area contributed by atoms with Crippen molar-refractivity contribution in [2.24, 2.45) is 5.92 Å². The van der Waals surface area contributed by atoms with Gasteiger partial charge in [0.05, 0.1) is 0 Å². The minimum atomic E-state index is 0.681. The Morgan fingerprint density at radius 3 is 1.40 bits per heavy atom. The van der Waals surface area contributed by atoms with Crippen LogP contribution in [0.4, 0.5) is 0 Å². The van der Waals surface area contributed by atoms with Gasteiger partial charge in [-0.2, -0.15) is 0 Å². The van der Waals surface area contributed by atoms with Crippen molar-refractivity contribution in [3.63, 3.8) is 0 Å². The van der Waals surface area contributed by atoms with Gasteiger partial charge in [0.1, 0.15) is 0 Å². The zero-order chi connectivity index (χ0) is 22.3. The lowest BCUT2D eigenvalue weighted by atomic mass is 9.94. The van der Waals surface area contributed by atoms with E-state index in [1.54, 1.807) is 0 Å². The van der Waals surface area contributed by atoms with Crippen molar-refractivity contribution in [3.8, 4) is 0 Å². The molecule has 0 aromatic carbocycles. The normalized spacial score (nSPS) is 13.8. The molecule has 0 saturated carbocycles. The van der Waals surface area contributed by atoms with Crippen molar-refractivity contribution in [2.45, 2.75) is 162 Å². The SMILES string of the molecule is [CH2]C(CCCCCCCCCCCCC)CCCC(CC)N(CCCC)CCCC. The summed E-state index contributed by atoms with van der Waals surface area (Å²) in [6.45, 7) is 16.4. The predicted octanol–water partition coefficient (Wildman–Crippen LogP) is 9.99. The smallest absolute Gasteiger partial charge is 0.00926 e. The van der Waals surface area contributed by atoms with Gasteiger partial charge in [-0.1, -0.05) is 137 Å². The highest BCUT2D eigenvalue weighted by Crippen LogP contribution is 2.20. The number of hydrogen-bond acceptors (Lipinski definition) is 1. The van der Waals surface area contributed by atoms with Gasteiger partial charge < -0.3 is 4.90 Å². The molecular weight excluding hydrogens is 362 g/mol. The molecule has 0 aliphatic carbocycles. The Hall–Kier alpha value is -0.0400. The Balaban J connectivity index is 3.72. The first-order valence-electron chi connectivity index (χ1n) is 14.3. The van der Waals surface area contributed by atoms with Crippen molar-refractivity contribution in [3.05, 3.63) is 6.92 Å². The first-order chi connectivity index (χ1) is 14.7. The predicted molar refractivity (Wildman–Crippen MR) is 139 cm³/mol. The highest BCUT2D eigenvalue weighted by molar-refractivity contribution is 4.72. The monoisotopic (exact) mass is 422 g/mol. The molecule has 0 heterocycles. The van der Waals surface area contributed by atoms with E-state index in [4.69, 9.17) is 0 Å². The molecule has 0 rings (SSSR count). The minimum Gasteiger partial charge on any atom is -0.300 e. The standard InChI is InChI=1S/C29H60N/c1-6-10-13-14-15-16-17-18-19-20-21-23-28(5)24-22-25-29(9-4)30(26-11-7-2)27-12-8-3/h28-29H,5-27H2,1-4H3. The first kappa shape index (κ1) is 30.0. The minimum absolute atomic E-state index is 0.681. The van der Waals surface area contributed by atoms with Gasteiger partial charge in [0.2, 0.25) is 0 Å². The maximum absolute atomic E-state index is 4.47. The molecule has 2 atom stereocenters. The summed E-state index contributed by atoms with van der Waals surface area (Å²) in [6, 6.07) is 0.803. The summed E-state index contributed by atoms with van der Waals surface area (Å²) in [6.07, 6.45) is 28.0. The molecule has 1 nitrogen and oxygen atoms in total. The van der Waals surface area contributed by atoms with E-state index in [-0.39, 0.29) is 0 Å². The van der Waals surface area contributed by atoms with Crippen molar-refractivity contribution < 1.29 is 0 Å². The molecule has 0 N–H and O–H groups in total. The molecule has 0 fully saturated rings. The summed E-state index contributed by atoms with van der Waals surface area (Å²) < 4.78 is 0. The fourth-order valence-corrected chi connectivity index (χ4v) is 4.73. The van der Waals surface area contributed by atoms with E-state index in [2.05, 4.69) is 39.5 Å². The molecule has 1 heteroatoms. The number of hydrogen-bond donors (Lipinski definition) is 0. The molecular formula is C29H60N. The van der Waals surface area contributed by atoms with E-state index < -0.39 is 0 Å². The molecule has 0 bridgehead atoms. The second-order valence-electron chi connectivity index (χ2n) is 9.93. The maximum atomic E-state index is 4.47. The van der Waals surface area contributed by atoms with Crippen LogP contribution in [0.3, 0.4) is 0 Å². The van der Waals surface area contributed by atoms with E-state index in [1.807, 2.05) is 0 Å². The molecule has 1 radical (unpaired) electrons. The third kappa shape index (κ3) is 18.7. The summed E-state index contributed by atoms with van der Waals surface area (Å²) in [7, 11) is 0. The van der Waals surface area contributed by atoms with Crippen molar-refractivity contribution >= 4 is 0 Å². The van der Waals surface area contributed by atoms with Gasteiger partial charge in [-0.15, -0.1) is 0 Å². The summed E-state index contributed by atoms with van der Waals surface area (Å²) in [5.74, 6) is 0.681. The highest BCUT2D eigenvalue weighted by Gasteiger charge is 2.16. The molecule has 2 unspecified atom stereocenters. The Kier molecular flexibility index (Phi) is 23.6. The van der Waals surface area contributed by atoms with E-state index in [0.717, 1.165) is 6.04 Å². The van der Waals surface area contributed by atoms with Crippen LogP contribution in [0.5, 0.6) is 0 Å². The van der Waals surface area contributed by atoms with Crippen LogP contribution in [0, 0.1) is 12.8 Å². The van der Waals surface area contributed by atoms with Gasteiger partial charge in [0.25, 0.3) is 0 Å². The summed E-state index contributed by atoms with van der Waals surface area (Å²) in [4.78, 5) is 2.80. The van der Waals surface area contributed by atoms with Crippen LogP contribution in [0.15, 0.2) is 0 Å². The van der Waals surface area contributed by atoms with Crippen LogP contribution in [0.1, 0.15) is 156 Å². The van der Waals surface area contributed by atoms with Gasteiger partial charge in [-0.3, -0.25) is 0 Å². The molecule has 0 aliphatic heterocycles. The lowest BCUT2D eigenvalue weighted by molar-refractivity contribution is 0.171.